The van der Waals surface area contributed by atoms with Crippen LogP contribution in [0.1, 0.15) is 31.2 Å². The Morgan fingerprint density at radius 2 is 1.70 bits per heavy atom. The highest BCUT2D eigenvalue weighted by Gasteiger charge is 2.24. The smallest absolute Gasteiger partial charge is 0.0233 e. The Morgan fingerprint density at radius 1 is 1.04 bits per heavy atom. The standard InChI is InChI=1S/C19H31N3.ClH/c1-21(15-18-7-11-20-12-8-18)19-9-13-22(14-10-19)16-17-5-3-2-4-6-17;/h2-6,18-20H,7-16H2,1H3;1H. The number of hydrogen-bond donors (Lipinski definition) is 1. The molecule has 3 rings (SSSR count). The number of nitrogens with zero attached hydrogens (tertiary/aromatic N) is 2. The van der Waals surface area contributed by atoms with Crippen molar-refractivity contribution in [3.8, 4) is 0 Å². The summed E-state index contributed by atoms with van der Waals surface area (Å²) < 4.78 is 0. The van der Waals surface area contributed by atoms with Crippen LogP contribution in [0.3, 0.4) is 0 Å². The normalized spacial score (nSPS) is 21.3. The van der Waals surface area contributed by atoms with Gasteiger partial charge in [0.25, 0.3) is 0 Å². The third-order valence-corrected chi connectivity index (χ3v) is 5.43. The average Bonchev–Trinajstić information content (AvgIpc) is 2.57. The van der Waals surface area contributed by atoms with Crippen LogP contribution in [-0.2, 0) is 6.54 Å². The molecular weight excluding hydrogens is 306 g/mol. The van der Waals surface area contributed by atoms with E-state index in [0.29, 0.717) is 0 Å². The highest BCUT2D eigenvalue weighted by Crippen LogP contribution is 2.20. The number of piperidine rings is 2. The predicted molar refractivity (Wildman–Crippen MR) is 100 cm³/mol. The summed E-state index contributed by atoms with van der Waals surface area (Å²) in [6.07, 6.45) is 5.37. The third kappa shape index (κ3) is 5.75. The van der Waals surface area contributed by atoms with E-state index in [1.807, 2.05) is 0 Å². The van der Waals surface area contributed by atoms with E-state index in [2.05, 4.69) is 52.5 Å². The highest BCUT2D eigenvalue weighted by atomic mass is 35.5. The van der Waals surface area contributed by atoms with Gasteiger partial charge in [-0.1, -0.05) is 30.3 Å². The van der Waals surface area contributed by atoms with E-state index in [9.17, 15) is 0 Å². The van der Waals surface area contributed by atoms with Crippen molar-refractivity contribution in [3.05, 3.63) is 35.9 Å². The number of halogens is 1. The van der Waals surface area contributed by atoms with Crippen LogP contribution in [0.15, 0.2) is 30.3 Å². The summed E-state index contributed by atoms with van der Waals surface area (Å²) in [5, 5.41) is 3.47. The lowest BCUT2D eigenvalue weighted by atomic mass is 9.95. The zero-order valence-electron chi connectivity index (χ0n) is 14.4. The van der Waals surface area contributed by atoms with Crippen molar-refractivity contribution in [3.63, 3.8) is 0 Å². The quantitative estimate of drug-likeness (QED) is 0.891. The fourth-order valence-corrected chi connectivity index (χ4v) is 3.98. The van der Waals surface area contributed by atoms with Crippen molar-refractivity contribution in [2.75, 3.05) is 39.8 Å². The van der Waals surface area contributed by atoms with E-state index in [1.165, 1.54) is 64.0 Å². The Labute approximate surface area is 147 Å². The number of likely N-dealkylation sites (tertiary alicyclic amines) is 1. The number of benzene rings is 1. The van der Waals surface area contributed by atoms with Gasteiger partial charge in [0.2, 0.25) is 0 Å². The van der Waals surface area contributed by atoms with E-state index in [-0.39, 0.29) is 12.4 Å². The summed E-state index contributed by atoms with van der Waals surface area (Å²) in [5.41, 5.74) is 1.45. The third-order valence-electron chi connectivity index (χ3n) is 5.43. The fourth-order valence-electron chi connectivity index (χ4n) is 3.98. The molecule has 2 heterocycles. The first kappa shape index (κ1) is 18.7. The molecule has 130 valence electrons. The fraction of sp³-hybridized carbons (Fsp3) is 0.684. The lowest BCUT2D eigenvalue weighted by Crippen LogP contribution is -2.45. The molecule has 0 atom stereocenters. The van der Waals surface area contributed by atoms with Gasteiger partial charge in [-0.05, 0) is 70.4 Å². The van der Waals surface area contributed by atoms with Gasteiger partial charge in [-0.2, -0.15) is 0 Å². The number of rotatable bonds is 5. The molecule has 23 heavy (non-hydrogen) atoms. The van der Waals surface area contributed by atoms with Crippen molar-refractivity contribution in [2.24, 2.45) is 5.92 Å². The van der Waals surface area contributed by atoms with Crippen molar-refractivity contribution < 1.29 is 0 Å². The van der Waals surface area contributed by atoms with Crippen molar-refractivity contribution in [1.29, 1.82) is 0 Å². The molecular formula is C19H32ClN3. The first-order chi connectivity index (χ1) is 10.8. The summed E-state index contributed by atoms with van der Waals surface area (Å²) in [4.78, 5) is 5.26. The molecule has 0 spiro atoms. The molecule has 0 bridgehead atoms. The highest BCUT2D eigenvalue weighted by molar-refractivity contribution is 5.85. The first-order valence-electron chi connectivity index (χ1n) is 8.98. The zero-order valence-corrected chi connectivity index (χ0v) is 15.2. The summed E-state index contributed by atoms with van der Waals surface area (Å²) >= 11 is 0. The largest absolute Gasteiger partial charge is 0.317 e. The Balaban J connectivity index is 0.00000192. The van der Waals surface area contributed by atoms with Gasteiger partial charge in [-0.25, -0.2) is 0 Å². The van der Waals surface area contributed by atoms with E-state index < -0.39 is 0 Å². The Morgan fingerprint density at radius 3 is 2.35 bits per heavy atom. The molecule has 4 heteroatoms. The molecule has 1 N–H and O–H groups in total. The van der Waals surface area contributed by atoms with Gasteiger partial charge in [-0.3, -0.25) is 4.90 Å². The Hall–Kier alpha value is -0.610. The maximum Gasteiger partial charge on any atom is 0.0233 e. The molecule has 0 unspecified atom stereocenters. The SMILES string of the molecule is CN(CC1CCNCC1)C1CCN(Cc2ccccc2)CC1.Cl. The van der Waals surface area contributed by atoms with Gasteiger partial charge in [0.1, 0.15) is 0 Å². The van der Waals surface area contributed by atoms with Gasteiger partial charge in [0.15, 0.2) is 0 Å². The molecule has 0 radical (unpaired) electrons. The zero-order chi connectivity index (χ0) is 15.2. The van der Waals surface area contributed by atoms with Gasteiger partial charge >= 0.3 is 0 Å². The van der Waals surface area contributed by atoms with Crippen molar-refractivity contribution in [2.45, 2.75) is 38.3 Å². The van der Waals surface area contributed by atoms with Crippen molar-refractivity contribution in [1.82, 2.24) is 15.1 Å². The van der Waals surface area contributed by atoms with Crippen LogP contribution in [0, 0.1) is 5.92 Å². The van der Waals surface area contributed by atoms with Gasteiger partial charge < -0.3 is 10.2 Å². The van der Waals surface area contributed by atoms with Crippen LogP contribution in [0.25, 0.3) is 0 Å². The van der Waals surface area contributed by atoms with Crippen LogP contribution in [0.5, 0.6) is 0 Å². The molecule has 0 aromatic heterocycles. The summed E-state index contributed by atoms with van der Waals surface area (Å²) in [6, 6.07) is 11.7. The van der Waals surface area contributed by atoms with Crippen molar-refractivity contribution >= 4 is 12.4 Å². The number of hydrogen-bond acceptors (Lipinski definition) is 3. The molecule has 0 amide bonds. The van der Waals surface area contributed by atoms with Crippen LogP contribution < -0.4 is 5.32 Å². The number of nitrogens with one attached hydrogen (secondary N) is 1. The average molecular weight is 338 g/mol. The molecule has 0 aliphatic carbocycles. The van der Waals surface area contributed by atoms with E-state index in [4.69, 9.17) is 0 Å². The predicted octanol–water partition coefficient (Wildman–Crippen LogP) is 3.00. The summed E-state index contributed by atoms with van der Waals surface area (Å²) in [5.74, 6) is 0.911. The molecule has 2 aliphatic rings. The molecule has 1 aromatic carbocycles. The monoisotopic (exact) mass is 337 g/mol. The molecule has 2 saturated heterocycles. The minimum atomic E-state index is 0. The summed E-state index contributed by atoms with van der Waals surface area (Å²) in [7, 11) is 2.35. The van der Waals surface area contributed by atoms with Crippen LogP contribution in [-0.4, -0.2) is 55.6 Å². The maximum atomic E-state index is 3.47. The second kappa shape index (κ2) is 9.63. The van der Waals surface area contributed by atoms with E-state index in [1.54, 1.807) is 0 Å². The molecule has 2 aliphatic heterocycles. The lowest BCUT2D eigenvalue weighted by molar-refractivity contribution is 0.106. The molecule has 1 aromatic rings. The van der Waals surface area contributed by atoms with Gasteiger partial charge in [0, 0.05) is 19.1 Å². The lowest BCUT2D eigenvalue weighted by Gasteiger charge is -2.38. The topological polar surface area (TPSA) is 18.5 Å². The van der Waals surface area contributed by atoms with Crippen LogP contribution >= 0.6 is 12.4 Å². The molecule has 3 nitrogen and oxygen atoms in total. The molecule has 0 saturated carbocycles. The van der Waals surface area contributed by atoms with Crippen LogP contribution in [0.4, 0.5) is 0 Å². The first-order valence-corrected chi connectivity index (χ1v) is 8.98. The Bertz CT molecular complexity index is 426. The maximum absolute atomic E-state index is 3.47. The van der Waals surface area contributed by atoms with Gasteiger partial charge in [0.05, 0.1) is 0 Å². The van der Waals surface area contributed by atoms with Crippen LogP contribution in [0.2, 0.25) is 0 Å². The second-order valence-corrected chi connectivity index (χ2v) is 7.13. The Kier molecular flexibility index (Phi) is 7.84. The van der Waals surface area contributed by atoms with E-state index in [0.717, 1.165) is 18.5 Å². The van der Waals surface area contributed by atoms with E-state index >= 15 is 0 Å². The summed E-state index contributed by atoms with van der Waals surface area (Å²) in [6.45, 7) is 7.34. The minimum Gasteiger partial charge on any atom is -0.317 e. The molecule has 2 fully saturated rings. The van der Waals surface area contributed by atoms with Gasteiger partial charge in [-0.15, -0.1) is 12.4 Å². The minimum absolute atomic E-state index is 0. The second-order valence-electron chi connectivity index (χ2n) is 7.13.